The number of carbonyl (C=O) groups is 1. The number of nitrogens with one attached hydrogen (secondary N) is 1. The van der Waals surface area contributed by atoms with Crippen LogP contribution in [-0.2, 0) is 0 Å². The molecular weight excluding hydrogens is 200 g/mol. The van der Waals surface area contributed by atoms with Crippen LogP contribution in [0.2, 0.25) is 0 Å². The largest absolute Gasteiger partial charge is 0.366 e. The zero-order valence-corrected chi connectivity index (χ0v) is 9.15. The third-order valence-corrected chi connectivity index (χ3v) is 3.92. The van der Waals surface area contributed by atoms with E-state index in [-0.39, 0.29) is 5.91 Å². The number of rotatable bonds is 2. The molecule has 2 fully saturated rings. The molecule has 2 saturated heterocycles. The van der Waals surface area contributed by atoms with E-state index >= 15 is 0 Å². The Morgan fingerprint density at radius 2 is 2.00 bits per heavy atom. The minimum Gasteiger partial charge on any atom is -0.366 e. The quantitative estimate of drug-likeness (QED) is 0.785. The normalized spacial score (nSPS) is 31.9. The Labute approximate surface area is 95.0 Å². The monoisotopic (exact) mass is 216 g/mol. The van der Waals surface area contributed by atoms with E-state index in [0.29, 0.717) is 23.6 Å². The first-order valence-corrected chi connectivity index (χ1v) is 5.90. The van der Waals surface area contributed by atoms with E-state index in [4.69, 9.17) is 5.73 Å². The third-order valence-electron chi connectivity index (χ3n) is 3.92. The van der Waals surface area contributed by atoms with Gasteiger partial charge in [0.2, 0.25) is 5.91 Å². The molecule has 3 unspecified atom stereocenters. The molecule has 84 valence electrons. The molecule has 2 aliphatic heterocycles. The smallest absolute Gasteiger partial charge is 0.248 e. The van der Waals surface area contributed by atoms with Crippen LogP contribution < -0.4 is 11.1 Å². The molecule has 0 saturated carbocycles. The van der Waals surface area contributed by atoms with E-state index in [1.54, 1.807) is 0 Å². The standard InChI is InChI=1S/C13H16N2O/c14-13(16)9-3-1-8(2-4-9)11-7-10-5-6-12(11)15-10/h1-4,10-12,15H,5-7H2,(H2,14,16). The summed E-state index contributed by atoms with van der Waals surface area (Å²) >= 11 is 0. The highest BCUT2D eigenvalue weighted by atomic mass is 16.1. The summed E-state index contributed by atoms with van der Waals surface area (Å²) in [5, 5.41) is 3.62. The number of hydrogen-bond acceptors (Lipinski definition) is 2. The highest BCUT2D eigenvalue weighted by molar-refractivity contribution is 5.92. The van der Waals surface area contributed by atoms with E-state index in [2.05, 4.69) is 5.32 Å². The number of hydrogen-bond donors (Lipinski definition) is 2. The van der Waals surface area contributed by atoms with Gasteiger partial charge < -0.3 is 11.1 Å². The van der Waals surface area contributed by atoms with Crippen molar-refractivity contribution in [3.8, 4) is 0 Å². The molecule has 0 radical (unpaired) electrons. The zero-order valence-electron chi connectivity index (χ0n) is 9.15. The first-order chi connectivity index (χ1) is 7.74. The minimum absolute atomic E-state index is 0.349. The summed E-state index contributed by atoms with van der Waals surface area (Å²) in [6.07, 6.45) is 3.84. The molecule has 3 atom stereocenters. The van der Waals surface area contributed by atoms with Gasteiger partial charge in [0.15, 0.2) is 0 Å². The molecule has 16 heavy (non-hydrogen) atoms. The summed E-state index contributed by atoms with van der Waals surface area (Å²) < 4.78 is 0. The highest BCUT2D eigenvalue weighted by Gasteiger charge is 2.39. The first-order valence-electron chi connectivity index (χ1n) is 5.90. The van der Waals surface area contributed by atoms with Crippen molar-refractivity contribution in [1.82, 2.24) is 5.32 Å². The van der Waals surface area contributed by atoms with Gasteiger partial charge in [0.1, 0.15) is 0 Å². The van der Waals surface area contributed by atoms with Gasteiger partial charge in [0.25, 0.3) is 0 Å². The predicted molar refractivity (Wildman–Crippen MR) is 62.3 cm³/mol. The van der Waals surface area contributed by atoms with E-state index in [1.807, 2.05) is 24.3 Å². The van der Waals surface area contributed by atoms with Gasteiger partial charge in [-0.15, -0.1) is 0 Å². The van der Waals surface area contributed by atoms with E-state index in [9.17, 15) is 4.79 Å². The van der Waals surface area contributed by atoms with Crippen LogP contribution in [0, 0.1) is 0 Å². The summed E-state index contributed by atoms with van der Waals surface area (Å²) in [6, 6.07) is 9.13. The summed E-state index contributed by atoms with van der Waals surface area (Å²) in [7, 11) is 0. The van der Waals surface area contributed by atoms with Crippen molar-refractivity contribution in [3.05, 3.63) is 35.4 Å². The maximum Gasteiger partial charge on any atom is 0.248 e. The molecule has 1 amide bonds. The number of carbonyl (C=O) groups excluding carboxylic acids is 1. The molecule has 3 rings (SSSR count). The van der Waals surface area contributed by atoms with Crippen molar-refractivity contribution < 1.29 is 4.79 Å². The maximum atomic E-state index is 11.0. The van der Waals surface area contributed by atoms with Gasteiger partial charge in [-0.05, 0) is 37.0 Å². The van der Waals surface area contributed by atoms with E-state index in [1.165, 1.54) is 24.8 Å². The van der Waals surface area contributed by atoms with Gasteiger partial charge in [-0.2, -0.15) is 0 Å². The third kappa shape index (κ3) is 1.52. The Morgan fingerprint density at radius 1 is 1.25 bits per heavy atom. The lowest BCUT2D eigenvalue weighted by Gasteiger charge is -2.20. The minimum atomic E-state index is -0.349. The Morgan fingerprint density at radius 3 is 2.50 bits per heavy atom. The number of primary amides is 1. The SMILES string of the molecule is NC(=O)c1ccc(C2CC3CCC2N3)cc1. The Hall–Kier alpha value is -1.35. The fourth-order valence-corrected chi connectivity index (χ4v) is 3.09. The molecule has 0 spiro atoms. The fraction of sp³-hybridized carbons (Fsp3) is 0.462. The molecule has 2 aliphatic rings. The molecule has 0 aliphatic carbocycles. The van der Waals surface area contributed by atoms with Crippen molar-refractivity contribution in [3.63, 3.8) is 0 Å². The fourth-order valence-electron chi connectivity index (χ4n) is 3.09. The molecule has 2 heterocycles. The maximum absolute atomic E-state index is 11.0. The highest BCUT2D eigenvalue weighted by Crippen LogP contribution is 2.39. The van der Waals surface area contributed by atoms with Gasteiger partial charge >= 0.3 is 0 Å². The number of nitrogens with two attached hydrogens (primary N) is 1. The van der Waals surface area contributed by atoms with Gasteiger partial charge in [-0.1, -0.05) is 12.1 Å². The predicted octanol–water partition coefficient (Wildman–Crippen LogP) is 1.39. The zero-order chi connectivity index (χ0) is 11.1. The lowest BCUT2D eigenvalue weighted by molar-refractivity contribution is 0.100. The van der Waals surface area contributed by atoms with Crippen LogP contribution in [-0.4, -0.2) is 18.0 Å². The molecule has 3 N–H and O–H groups in total. The summed E-state index contributed by atoms with van der Waals surface area (Å²) in [6.45, 7) is 0. The lowest BCUT2D eigenvalue weighted by Crippen LogP contribution is -2.21. The summed E-state index contributed by atoms with van der Waals surface area (Å²) in [5.41, 5.74) is 7.16. The van der Waals surface area contributed by atoms with Crippen LogP contribution in [0.15, 0.2) is 24.3 Å². The summed E-state index contributed by atoms with van der Waals surface area (Å²) in [4.78, 5) is 11.0. The summed E-state index contributed by atoms with van der Waals surface area (Å²) in [5.74, 6) is 0.276. The van der Waals surface area contributed by atoms with Crippen LogP contribution in [0.5, 0.6) is 0 Å². The second kappa shape index (κ2) is 3.59. The van der Waals surface area contributed by atoms with Crippen molar-refractivity contribution in [2.45, 2.75) is 37.3 Å². The lowest BCUT2D eigenvalue weighted by atomic mass is 9.84. The van der Waals surface area contributed by atoms with Crippen molar-refractivity contribution in [2.24, 2.45) is 5.73 Å². The first kappa shape index (κ1) is 9.85. The average molecular weight is 216 g/mol. The Kier molecular flexibility index (Phi) is 2.21. The van der Waals surface area contributed by atoms with Crippen molar-refractivity contribution >= 4 is 5.91 Å². The van der Waals surface area contributed by atoms with Crippen molar-refractivity contribution in [2.75, 3.05) is 0 Å². The molecule has 3 nitrogen and oxygen atoms in total. The molecule has 2 bridgehead atoms. The second-order valence-electron chi connectivity index (χ2n) is 4.88. The Balaban J connectivity index is 1.82. The van der Waals surface area contributed by atoms with Crippen LogP contribution in [0.1, 0.15) is 41.1 Å². The van der Waals surface area contributed by atoms with E-state index < -0.39 is 0 Å². The van der Waals surface area contributed by atoms with Gasteiger partial charge in [-0.25, -0.2) is 0 Å². The molecule has 0 aromatic heterocycles. The van der Waals surface area contributed by atoms with E-state index in [0.717, 1.165) is 0 Å². The van der Waals surface area contributed by atoms with Gasteiger partial charge in [0, 0.05) is 23.6 Å². The molecule has 3 heteroatoms. The molecular formula is C13H16N2O. The van der Waals surface area contributed by atoms with Crippen LogP contribution in [0.4, 0.5) is 0 Å². The van der Waals surface area contributed by atoms with Gasteiger partial charge in [-0.3, -0.25) is 4.79 Å². The average Bonchev–Trinajstić information content (AvgIpc) is 2.91. The number of benzene rings is 1. The second-order valence-corrected chi connectivity index (χ2v) is 4.88. The van der Waals surface area contributed by atoms with Crippen molar-refractivity contribution in [1.29, 1.82) is 0 Å². The van der Waals surface area contributed by atoms with Gasteiger partial charge in [0.05, 0.1) is 0 Å². The van der Waals surface area contributed by atoms with Crippen LogP contribution in [0.25, 0.3) is 0 Å². The molecule has 1 aromatic carbocycles. The topological polar surface area (TPSA) is 55.1 Å². The Bertz CT molecular complexity index is 412. The number of fused-ring (bicyclic) bond motifs is 2. The van der Waals surface area contributed by atoms with Crippen LogP contribution >= 0.6 is 0 Å². The number of amides is 1. The van der Waals surface area contributed by atoms with Crippen LogP contribution in [0.3, 0.4) is 0 Å². The molecule has 1 aromatic rings.